The Balaban J connectivity index is 2.21. The molecule has 2 rings (SSSR count). The summed E-state index contributed by atoms with van der Waals surface area (Å²) in [7, 11) is 0. The number of rotatable bonds is 6. The number of thiazole rings is 1. The zero-order valence-corrected chi connectivity index (χ0v) is 14.1. The maximum Gasteiger partial charge on any atom is 0.268 e. The van der Waals surface area contributed by atoms with E-state index in [0.717, 1.165) is 37.6 Å². The molecule has 0 aliphatic heterocycles. The lowest BCUT2D eigenvalue weighted by atomic mass is 10.2. The van der Waals surface area contributed by atoms with Crippen molar-refractivity contribution in [1.82, 2.24) is 9.88 Å². The molecule has 21 heavy (non-hydrogen) atoms. The minimum Gasteiger partial charge on any atom is -0.382 e. The highest BCUT2D eigenvalue weighted by Crippen LogP contribution is 2.31. The molecule has 0 unspecified atom stereocenters. The first-order valence-corrected chi connectivity index (χ1v) is 8.76. The standard InChI is InChI=1S/C15H26N4OS/c1-4-18(5-2)15-17-13(16)12(21-15)14(20)19(6-3)11-9-7-8-10-11/h11H,4-10,16H2,1-3H3. The molecule has 0 atom stereocenters. The Morgan fingerprint density at radius 3 is 2.38 bits per heavy atom. The van der Waals surface area contributed by atoms with E-state index in [9.17, 15) is 4.79 Å². The number of hydrogen-bond donors (Lipinski definition) is 1. The molecular formula is C15H26N4OS. The summed E-state index contributed by atoms with van der Waals surface area (Å²) in [5, 5.41) is 0.850. The normalized spacial score (nSPS) is 15.4. The van der Waals surface area contributed by atoms with Crippen molar-refractivity contribution in [3.63, 3.8) is 0 Å². The molecule has 2 N–H and O–H groups in total. The van der Waals surface area contributed by atoms with E-state index in [4.69, 9.17) is 5.73 Å². The first-order valence-electron chi connectivity index (χ1n) is 7.94. The van der Waals surface area contributed by atoms with Crippen molar-refractivity contribution in [3.05, 3.63) is 4.88 Å². The van der Waals surface area contributed by atoms with Crippen LogP contribution >= 0.6 is 11.3 Å². The first-order chi connectivity index (χ1) is 10.1. The van der Waals surface area contributed by atoms with Crippen LogP contribution in [0.25, 0.3) is 0 Å². The number of carbonyl (C=O) groups excluding carboxylic acids is 1. The van der Waals surface area contributed by atoms with Gasteiger partial charge in [-0.15, -0.1) is 0 Å². The lowest BCUT2D eigenvalue weighted by Gasteiger charge is -2.27. The third-order valence-corrected chi connectivity index (χ3v) is 5.36. The fraction of sp³-hybridized carbons (Fsp3) is 0.733. The van der Waals surface area contributed by atoms with Gasteiger partial charge >= 0.3 is 0 Å². The summed E-state index contributed by atoms with van der Waals surface area (Å²) in [5.74, 6) is 0.432. The highest BCUT2D eigenvalue weighted by atomic mass is 32.1. The molecule has 118 valence electrons. The van der Waals surface area contributed by atoms with E-state index in [-0.39, 0.29) is 5.91 Å². The van der Waals surface area contributed by atoms with E-state index in [0.29, 0.717) is 16.7 Å². The summed E-state index contributed by atoms with van der Waals surface area (Å²) in [6.07, 6.45) is 4.66. The second-order valence-electron chi connectivity index (χ2n) is 5.41. The molecule has 0 bridgehead atoms. The summed E-state index contributed by atoms with van der Waals surface area (Å²) < 4.78 is 0. The highest BCUT2D eigenvalue weighted by Gasteiger charge is 2.29. The van der Waals surface area contributed by atoms with Crippen LogP contribution < -0.4 is 10.6 Å². The molecule has 1 fully saturated rings. The number of anilines is 2. The van der Waals surface area contributed by atoms with Gasteiger partial charge in [0.2, 0.25) is 0 Å². The molecule has 1 saturated carbocycles. The summed E-state index contributed by atoms with van der Waals surface area (Å²) in [4.78, 5) is 21.9. The van der Waals surface area contributed by atoms with Gasteiger partial charge in [0, 0.05) is 25.7 Å². The smallest absolute Gasteiger partial charge is 0.268 e. The minimum atomic E-state index is 0.0535. The van der Waals surface area contributed by atoms with Crippen LogP contribution in [-0.2, 0) is 0 Å². The Kier molecular flexibility index (Phi) is 5.45. The Morgan fingerprint density at radius 2 is 1.86 bits per heavy atom. The molecule has 1 heterocycles. The zero-order chi connectivity index (χ0) is 15.4. The van der Waals surface area contributed by atoms with Gasteiger partial charge in [-0.25, -0.2) is 4.98 Å². The van der Waals surface area contributed by atoms with Crippen molar-refractivity contribution in [2.75, 3.05) is 30.3 Å². The summed E-state index contributed by atoms with van der Waals surface area (Å²) in [6, 6.07) is 0.376. The van der Waals surface area contributed by atoms with Crippen molar-refractivity contribution >= 4 is 28.2 Å². The topological polar surface area (TPSA) is 62.5 Å². The molecule has 1 aromatic rings. The van der Waals surface area contributed by atoms with Gasteiger partial charge in [0.15, 0.2) is 5.13 Å². The number of nitrogens with two attached hydrogens (primary N) is 1. The lowest BCUT2D eigenvalue weighted by Crippen LogP contribution is -2.38. The van der Waals surface area contributed by atoms with Crippen LogP contribution in [0.2, 0.25) is 0 Å². The summed E-state index contributed by atoms with van der Waals surface area (Å²) >= 11 is 1.43. The van der Waals surface area contributed by atoms with E-state index in [1.54, 1.807) is 0 Å². The molecule has 5 nitrogen and oxygen atoms in total. The van der Waals surface area contributed by atoms with Gasteiger partial charge in [0.05, 0.1) is 0 Å². The van der Waals surface area contributed by atoms with E-state index in [1.807, 2.05) is 11.8 Å². The molecule has 1 aliphatic rings. The van der Waals surface area contributed by atoms with Gasteiger partial charge in [0.25, 0.3) is 5.91 Å². The average molecular weight is 310 g/mol. The van der Waals surface area contributed by atoms with Crippen LogP contribution in [0, 0.1) is 0 Å². The lowest BCUT2D eigenvalue weighted by molar-refractivity contribution is 0.0699. The number of hydrogen-bond acceptors (Lipinski definition) is 5. The van der Waals surface area contributed by atoms with E-state index >= 15 is 0 Å². The van der Waals surface area contributed by atoms with Crippen LogP contribution in [0.15, 0.2) is 0 Å². The average Bonchev–Trinajstić information content (AvgIpc) is 3.11. The second-order valence-corrected chi connectivity index (χ2v) is 6.39. The number of amides is 1. The Labute approximate surface area is 131 Å². The van der Waals surface area contributed by atoms with Crippen molar-refractivity contribution in [2.24, 2.45) is 0 Å². The Bertz CT molecular complexity index is 478. The van der Waals surface area contributed by atoms with Gasteiger partial charge in [-0.05, 0) is 33.6 Å². The van der Waals surface area contributed by atoms with Crippen LogP contribution in [0.4, 0.5) is 10.9 Å². The Morgan fingerprint density at radius 1 is 1.24 bits per heavy atom. The van der Waals surface area contributed by atoms with Crippen LogP contribution in [0.1, 0.15) is 56.1 Å². The number of aromatic nitrogens is 1. The van der Waals surface area contributed by atoms with Crippen molar-refractivity contribution in [2.45, 2.75) is 52.5 Å². The third-order valence-electron chi connectivity index (χ3n) is 4.24. The van der Waals surface area contributed by atoms with Gasteiger partial charge < -0.3 is 15.5 Å². The van der Waals surface area contributed by atoms with Crippen LogP contribution in [0.5, 0.6) is 0 Å². The maximum absolute atomic E-state index is 12.8. The SMILES string of the molecule is CCN(CC)c1nc(N)c(C(=O)N(CC)C2CCCC2)s1. The highest BCUT2D eigenvalue weighted by molar-refractivity contribution is 7.18. The number of carbonyl (C=O) groups is 1. The molecule has 1 aliphatic carbocycles. The summed E-state index contributed by atoms with van der Waals surface area (Å²) in [6.45, 7) is 8.69. The minimum absolute atomic E-state index is 0.0535. The van der Waals surface area contributed by atoms with E-state index in [1.165, 1.54) is 24.2 Å². The quantitative estimate of drug-likeness (QED) is 0.877. The van der Waals surface area contributed by atoms with E-state index in [2.05, 4.69) is 23.7 Å². The molecule has 1 aromatic heterocycles. The monoisotopic (exact) mass is 310 g/mol. The van der Waals surface area contributed by atoms with Gasteiger partial charge in [-0.2, -0.15) is 0 Å². The van der Waals surface area contributed by atoms with Crippen LogP contribution in [-0.4, -0.2) is 41.5 Å². The molecule has 1 amide bonds. The Hall–Kier alpha value is -1.30. The van der Waals surface area contributed by atoms with Crippen molar-refractivity contribution < 1.29 is 4.79 Å². The third kappa shape index (κ3) is 3.31. The number of nitrogen functional groups attached to an aromatic ring is 1. The second kappa shape index (κ2) is 7.11. The first kappa shape index (κ1) is 16.1. The molecule has 0 aromatic carbocycles. The molecular weight excluding hydrogens is 284 g/mol. The molecule has 0 spiro atoms. The fourth-order valence-corrected chi connectivity index (χ4v) is 4.09. The summed E-state index contributed by atoms with van der Waals surface area (Å²) in [5.41, 5.74) is 6.01. The van der Waals surface area contributed by atoms with Crippen molar-refractivity contribution in [3.8, 4) is 0 Å². The van der Waals surface area contributed by atoms with Gasteiger partial charge in [-0.1, -0.05) is 24.2 Å². The fourth-order valence-electron chi connectivity index (χ4n) is 3.02. The van der Waals surface area contributed by atoms with E-state index < -0.39 is 0 Å². The number of nitrogens with zero attached hydrogens (tertiary/aromatic N) is 3. The predicted molar refractivity (Wildman–Crippen MR) is 89.1 cm³/mol. The van der Waals surface area contributed by atoms with Crippen molar-refractivity contribution in [1.29, 1.82) is 0 Å². The largest absolute Gasteiger partial charge is 0.382 e. The zero-order valence-electron chi connectivity index (χ0n) is 13.3. The molecule has 0 radical (unpaired) electrons. The molecule has 0 saturated heterocycles. The van der Waals surface area contributed by atoms with Gasteiger partial charge in [-0.3, -0.25) is 4.79 Å². The molecule has 6 heteroatoms. The predicted octanol–water partition coefficient (Wildman–Crippen LogP) is 2.98. The van der Waals surface area contributed by atoms with Crippen LogP contribution in [0.3, 0.4) is 0 Å². The van der Waals surface area contributed by atoms with Gasteiger partial charge in [0.1, 0.15) is 10.7 Å². The maximum atomic E-state index is 12.8.